The van der Waals surface area contributed by atoms with Crippen LogP contribution in [0.4, 0.5) is 13.2 Å². The average Bonchev–Trinajstić information content (AvgIpc) is 2.97. The molecule has 1 amide bonds. The van der Waals surface area contributed by atoms with Crippen molar-refractivity contribution in [1.29, 1.82) is 0 Å². The molecule has 4 rings (SSSR count). The van der Waals surface area contributed by atoms with Gasteiger partial charge >= 0.3 is 6.18 Å². The molecule has 0 saturated heterocycles. The zero-order valence-corrected chi connectivity index (χ0v) is 14.6. The second kappa shape index (κ2) is 6.72. The van der Waals surface area contributed by atoms with Crippen LogP contribution >= 0.6 is 0 Å². The van der Waals surface area contributed by atoms with Gasteiger partial charge in [0.05, 0.1) is 17.8 Å². The van der Waals surface area contributed by atoms with Crippen LogP contribution in [-0.2, 0) is 17.5 Å². The van der Waals surface area contributed by atoms with Crippen LogP contribution in [0.3, 0.4) is 0 Å². The van der Waals surface area contributed by atoms with Gasteiger partial charge in [-0.25, -0.2) is 0 Å². The molecule has 5 heteroatoms. The number of halogens is 3. The van der Waals surface area contributed by atoms with Crippen LogP contribution in [0.2, 0.25) is 0 Å². The van der Waals surface area contributed by atoms with Crippen molar-refractivity contribution in [3.8, 4) is 0 Å². The first-order valence-corrected chi connectivity index (χ1v) is 8.90. The van der Waals surface area contributed by atoms with E-state index in [2.05, 4.69) is 0 Å². The molecule has 2 aromatic rings. The van der Waals surface area contributed by atoms with Crippen molar-refractivity contribution >= 4 is 11.5 Å². The van der Waals surface area contributed by atoms with Gasteiger partial charge in [-0.05, 0) is 53.7 Å². The highest BCUT2D eigenvalue weighted by Crippen LogP contribution is 2.42. The SMILES string of the molecule is O=C1C=C2CCCC(c3ccc(C(F)(F)F)cc3)=C2N1Cc1ccccc1. The molecular formula is C22H18F3NO. The monoisotopic (exact) mass is 369 g/mol. The third kappa shape index (κ3) is 3.42. The second-order valence-corrected chi connectivity index (χ2v) is 6.84. The summed E-state index contributed by atoms with van der Waals surface area (Å²) in [5, 5.41) is 0. The number of nitrogens with zero attached hydrogens (tertiary/aromatic N) is 1. The number of benzene rings is 2. The summed E-state index contributed by atoms with van der Waals surface area (Å²) in [4.78, 5) is 14.3. The number of carbonyl (C=O) groups excluding carboxylic acids is 1. The van der Waals surface area contributed by atoms with E-state index in [-0.39, 0.29) is 5.91 Å². The first kappa shape index (κ1) is 17.6. The van der Waals surface area contributed by atoms with Gasteiger partial charge in [-0.1, -0.05) is 42.5 Å². The minimum absolute atomic E-state index is 0.0600. The van der Waals surface area contributed by atoms with Gasteiger partial charge < -0.3 is 4.90 Å². The highest BCUT2D eigenvalue weighted by atomic mass is 19.4. The molecule has 0 N–H and O–H groups in total. The number of hydrogen-bond acceptors (Lipinski definition) is 1. The molecule has 0 spiro atoms. The van der Waals surface area contributed by atoms with Crippen LogP contribution in [0.1, 0.15) is 36.0 Å². The Morgan fingerprint density at radius 2 is 1.63 bits per heavy atom. The largest absolute Gasteiger partial charge is 0.416 e. The van der Waals surface area contributed by atoms with E-state index < -0.39 is 11.7 Å². The fraction of sp³-hybridized carbons (Fsp3) is 0.227. The van der Waals surface area contributed by atoms with Crippen LogP contribution in [0.25, 0.3) is 5.57 Å². The predicted molar refractivity (Wildman–Crippen MR) is 97.3 cm³/mol. The van der Waals surface area contributed by atoms with Crippen molar-refractivity contribution in [2.45, 2.75) is 32.0 Å². The van der Waals surface area contributed by atoms with E-state index in [9.17, 15) is 18.0 Å². The molecule has 2 aliphatic rings. The van der Waals surface area contributed by atoms with Crippen molar-refractivity contribution in [3.05, 3.63) is 88.6 Å². The van der Waals surface area contributed by atoms with Gasteiger partial charge in [0, 0.05) is 6.08 Å². The number of carbonyl (C=O) groups is 1. The summed E-state index contributed by atoms with van der Waals surface area (Å²) in [6, 6.07) is 14.9. The summed E-state index contributed by atoms with van der Waals surface area (Å²) in [5.41, 5.74) is 3.91. The third-order valence-corrected chi connectivity index (χ3v) is 5.04. The molecule has 27 heavy (non-hydrogen) atoms. The highest BCUT2D eigenvalue weighted by Gasteiger charge is 2.33. The van der Waals surface area contributed by atoms with Crippen molar-refractivity contribution in [3.63, 3.8) is 0 Å². The zero-order chi connectivity index (χ0) is 19.0. The van der Waals surface area contributed by atoms with Crippen LogP contribution < -0.4 is 0 Å². The minimum Gasteiger partial charge on any atom is -0.304 e. The summed E-state index contributed by atoms with van der Waals surface area (Å²) >= 11 is 0. The predicted octanol–water partition coefficient (Wildman–Crippen LogP) is 5.57. The number of rotatable bonds is 3. The average molecular weight is 369 g/mol. The van der Waals surface area contributed by atoms with E-state index in [1.807, 2.05) is 30.3 Å². The summed E-state index contributed by atoms with van der Waals surface area (Å²) in [6.45, 7) is 0.457. The van der Waals surface area contributed by atoms with Gasteiger partial charge in [-0.15, -0.1) is 0 Å². The van der Waals surface area contributed by atoms with Crippen LogP contribution in [0.5, 0.6) is 0 Å². The molecule has 2 nitrogen and oxygen atoms in total. The Bertz CT molecular complexity index is 924. The summed E-state index contributed by atoms with van der Waals surface area (Å²) in [6.07, 6.45) is -0.233. The second-order valence-electron chi connectivity index (χ2n) is 6.84. The standard InChI is InChI=1S/C22H18F3NO/c23-22(24,25)18-11-9-16(10-12-18)19-8-4-7-17-13-20(27)26(21(17)19)14-15-5-2-1-3-6-15/h1-3,5-6,9-13H,4,7-8,14H2. The van der Waals surface area contributed by atoms with Crippen molar-refractivity contribution < 1.29 is 18.0 Å². The van der Waals surface area contributed by atoms with E-state index in [1.54, 1.807) is 11.0 Å². The van der Waals surface area contributed by atoms with Gasteiger partial charge in [-0.2, -0.15) is 13.2 Å². The topological polar surface area (TPSA) is 20.3 Å². The lowest BCUT2D eigenvalue weighted by atomic mass is 9.88. The molecule has 0 unspecified atom stereocenters. The lowest BCUT2D eigenvalue weighted by Gasteiger charge is -2.27. The molecule has 1 heterocycles. The van der Waals surface area contributed by atoms with Gasteiger partial charge in [0.2, 0.25) is 0 Å². The molecule has 2 aromatic carbocycles. The Kier molecular flexibility index (Phi) is 4.38. The molecule has 0 aromatic heterocycles. The third-order valence-electron chi connectivity index (χ3n) is 5.04. The fourth-order valence-corrected chi connectivity index (χ4v) is 3.76. The van der Waals surface area contributed by atoms with Gasteiger partial charge in [0.1, 0.15) is 0 Å². The van der Waals surface area contributed by atoms with E-state index >= 15 is 0 Å². The Hall–Kier alpha value is -2.82. The molecule has 1 aliphatic heterocycles. The maximum atomic E-state index is 12.9. The molecule has 0 fully saturated rings. The molecule has 0 saturated carbocycles. The van der Waals surface area contributed by atoms with Crippen molar-refractivity contribution in [1.82, 2.24) is 4.90 Å². The van der Waals surface area contributed by atoms with Gasteiger partial charge in [0.15, 0.2) is 0 Å². The highest BCUT2D eigenvalue weighted by molar-refractivity contribution is 5.98. The smallest absolute Gasteiger partial charge is 0.304 e. The lowest BCUT2D eigenvalue weighted by molar-refractivity contribution is -0.137. The maximum absolute atomic E-state index is 12.9. The summed E-state index contributed by atoms with van der Waals surface area (Å²) < 4.78 is 38.6. The Balaban J connectivity index is 1.73. The molecule has 0 bridgehead atoms. The number of fused-ring (bicyclic) bond motifs is 1. The summed E-state index contributed by atoms with van der Waals surface area (Å²) in [7, 11) is 0. The van der Waals surface area contributed by atoms with E-state index in [0.29, 0.717) is 6.54 Å². The van der Waals surface area contributed by atoms with Crippen molar-refractivity contribution in [2.24, 2.45) is 0 Å². The maximum Gasteiger partial charge on any atom is 0.416 e. The minimum atomic E-state index is -4.35. The first-order valence-electron chi connectivity index (χ1n) is 8.90. The Morgan fingerprint density at radius 1 is 0.926 bits per heavy atom. The fourth-order valence-electron chi connectivity index (χ4n) is 3.76. The number of hydrogen-bond donors (Lipinski definition) is 0. The Labute approximate surface area is 155 Å². The summed E-state index contributed by atoms with van der Waals surface area (Å²) in [5.74, 6) is -0.0600. The van der Waals surface area contributed by atoms with E-state index in [1.165, 1.54) is 12.1 Å². The molecule has 0 atom stereocenters. The number of alkyl halides is 3. The quantitative estimate of drug-likeness (QED) is 0.693. The first-order chi connectivity index (χ1) is 12.9. The Morgan fingerprint density at radius 3 is 2.30 bits per heavy atom. The van der Waals surface area contributed by atoms with Crippen LogP contribution in [0, 0.1) is 0 Å². The number of allylic oxidation sites excluding steroid dienone is 2. The van der Waals surface area contributed by atoms with Crippen molar-refractivity contribution in [2.75, 3.05) is 0 Å². The van der Waals surface area contributed by atoms with Gasteiger partial charge in [0.25, 0.3) is 5.91 Å². The van der Waals surface area contributed by atoms with Gasteiger partial charge in [-0.3, -0.25) is 4.79 Å². The molecular weight excluding hydrogens is 351 g/mol. The normalized spacial score (nSPS) is 17.2. The molecule has 138 valence electrons. The molecule has 1 aliphatic carbocycles. The van der Waals surface area contributed by atoms with Crippen LogP contribution in [0.15, 0.2) is 71.9 Å². The van der Waals surface area contributed by atoms with Crippen LogP contribution in [-0.4, -0.2) is 10.8 Å². The lowest BCUT2D eigenvalue weighted by Crippen LogP contribution is -2.25. The molecule has 0 radical (unpaired) electrons. The zero-order valence-electron chi connectivity index (χ0n) is 14.6. The van der Waals surface area contributed by atoms with E-state index in [0.717, 1.165) is 59.4 Å². The van der Waals surface area contributed by atoms with E-state index in [4.69, 9.17) is 0 Å². The number of amides is 1.